The topological polar surface area (TPSA) is 63.9 Å². The summed E-state index contributed by atoms with van der Waals surface area (Å²) < 4.78 is 13.8. The summed E-state index contributed by atoms with van der Waals surface area (Å²) in [5.74, 6) is -0.257. The van der Waals surface area contributed by atoms with Crippen LogP contribution in [0.25, 0.3) is 10.9 Å². The van der Waals surface area contributed by atoms with Crippen molar-refractivity contribution >= 4 is 64.1 Å². The van der Waals surface area contributed by atoms with Gasteiger partial charge in [-0.2, -0.15) is 0 Å². The van der Waals surface area contributed by atoms with Crippen LogP contribution >= 0.6 is 47.2 Å². The van der Waals surface area contributed by atoms with Crippen LogP contribution in [-0.4, -0.2) is 39.6 Å². The predicted octanol–water partition coefficient (Wildman–Crippen LogP) is 3.72. The Morgan fingerprint density at radius 3 is 2.79 bits per heavy atom. The van der Waals surface area contributed by atoms with Gasteiger partial charge >= 0.3 is 5.97 Å². The van der Waals surface area contributed by atoms with E-state index in [1.807, 2.05) is 28.3 Å². The average molecular weight is 482 g/mol. The minimum atomic E-state index is -0.257. The fourth-order valence-electron chi connectivity index (χ4n) is 2.36. The number of aromatic nitrogens is 1. The van der Waals surface area contributed by atoms with Crippen LogP contribution in [0.4, 0.5) is 0 Å². The van der Waals surface area contributed by atoms with Gasteiger partial charge in [0.05, 0.1) is 24.4 Å². The molecule has 6 nitrogen and oxygen atoms in total. The fourth-order valence-corrected chi connectivity index (χ4v) is 4.48. The Balaban J connectivity index is 2.37. The van der Waals surface area contributed by atoms with E-state index >= 15 is 0 Å². The molecule has 0 atom stereocenters. The number of likely N-dealkylation sites (N-methyl/N-ethyl adjacent to an activating group) is 1. The van der Waals surface area contributed by atoms with E-state index in [4.69, 9.17) is 7.25 Å². The molecule has 132 valence electrons. The first-order valence-corrected chi connectivity index (χ1v) is 9.61. The van der Waals surface area contributed by atoms with Gasteiger partial charge in [-0.3, -0.25) is 8.77 Å². The van der Waals surface area contributed by atoms with Crippen LogP contribution in [0.2, 0.25) is 0 Å². The smallest absolute Gasteiger partial charge is 0.321 e. The van der Waals surface area contributed by atoms with Crippen LogP contribution in [-0.2, 0) is 18.7 Å². The van der Waals surface area contributed by atoms with Gasteiger partial charge in [0.25, 0.3) is 0 Å². The maximum Gasteiger partial charge on any atom is 0.321 e. The van der Waals surface area contributed by atoms with E-state index in [9.17, 15) is 9.90 Å². The summed E-state index contributed by atoms with van der Waals surface area (Å²) in [4.78, 5) is 12.6. The molecule has 1 N–H and O–H groups in total. The fraction of sp³-hybridized carbons (Fsp3) is 0.400. The largest absolute Gasteiger partial charge is 0.465 e. The van der Waals surface area contributed by atoms with E-state index in [2.05, 4.69) is 12.1 Å². The Labute approximate surface area is 164 Å². The number of aryl methyl sites for hydroxylation is 1. The van der Waals surface area contributed by atoms with Gasteiger partial charge in [-0.15, -0.1) is 0 Å². The van der Waals surface area contributed by atoms with Crippen molar-refractivity contribution in [1.29, 1.82) is 0 Å². The molecule has 0 amide bonds. The van der Waals surface area contributed by atoms with Gasteiger partial charge in [0.1, 0.15) is 41.8 Å². The van der Waals surface area contributed by atoms with Crippen LogP contribution in [0.15, 0.2) is 23.1 Å². The summed E-state index contributed by atoms with van der Waals surface area (Å²) >= 11 is 4.42. The van der Waals surface area contributed by atoms with Gasteiger partial charge in [0, 0.05) is 10.3 Å². The minimum Gasteiger partial charge on any atom is -0.465 e. The minimum absolute atomic E-state index is 0.0799. The molecule has 0 aliphatic rings. The summed E-state index contributed by atoms with van der Waals surface area (Å²) in [6.45, 7) is 4.30. The Morgan fingerprint density at radius 1 is 1.42 bits per heavy atom. The van der Waals surface area contributed by atoms with Gasteiger partial charge < -0.3 is 9.84 Å². The molecular formula is C15H19IN2O4S2. The molecule has 9 heteroatoms. The quantitative estimate of drug-likeness (QED) is 0.266. The number of nitrogens with zero attached hydrogens (tertiary/aromatic N) is 2. The zero-order valence-electron chi connectivity index (χ0n) is 13.6. The van der Waals surface area contributed by atoms with Gasteiger partial charge in [0.2, 0.25) is 0 Å². The molecule has 0 saturated heterocycles. The molecule has 0 bridgehead atoms. The third-order valence-corrected chi connectivity index (χ3v) is 5.26. The summed E-state index contributed by atoms with van der Waals surface area (Å²) in [5, 5.41) is 10.6. The average Bonchev–Trinajstić information content (AvgIpc) is 2.85. The van der Waals surface area contributed by atoms with Gasteiger partial charge in [-0.05, 0) is 56.6 Å². The zero-order chi connectivity index (χ0) is 17.7. The molecule has 0 unspecified atom stereocenters. The number of halogens is 1. The molecule has 0 saturated carbocycles. The van der Waals surface area contributed by atoms with Crippen LogP contribution < -0.4 is 0 Å². The maximum absolute atomic E-state index is 11.7. The predicted molar refractivity (Wildman–Crippen MR) is 106 cm³/mol. The van der Waals surface area contributed by atoms with Crippen molar-refractivity contribution in [2.24, 2.45) is 0 Å². The van der Waals surface area contributed by atoms with Crippen molar-refractivity contribution in [3.05, 3.63) is 29.5 Å². The number of fused-ring (bicyclic) bond motifs is 1. The molecule has 0 aliphatic carbocycles. The van der Waals surface area contributed by atoms with Crippen molar-refractivity contribution < 1.29 is 17.2 Å². The van der Waals surface area contributed by atoms with Crippen molar-refractivity contribution in [3.63, 3.8) is 0 Å². The lowest BCUT2D eigenvalue weighted by atomic mass is 10.2. The zero-order valence-corrected chi connectivity index (χ0v) is 17.4. The van der Waals surface area contributed by atoms with E-state index in [1.54, 1.807) is 29.9 Å². The Hall–Kier alpha value is -0.460. The number of carbonyl (C=O) groups is 1. The molecule has 2 rings (SSSR count). The molecule has 0 aliphatic heterocycles. The highest BCUT2D eigenvalue weighted by atomic mass is 127. The van der Waals surface area contributed by atoms with Crippen LogP contribution in [0, 0.1) is 6.92 Å². The third kappa shape index (κ3) is 4.79. The lowest BCUT2D eigenvalue weighted by molar-refractivity contribution is -0.142. The Bertz CT molecular complexity index is 723. The number of esters is 1. The van der Waals surface area contributed by atoms with Crippen molar-refractivity contribution in [3.8, 4) is 0 Å². The van der Waals surface area contributed by atoms with Crippen LogP contribution in [0.5, 0.6) is 0 Å². The van der Waals surface area contributed by atoms with E-state index in [0.717, 1.165) is 39.3 Å². The second kappa shape index (κ2) is 9.30. The van der Waals surface area contributed by atoms with Gasteiger partial charge in [-0.25, -0.2) is 6.82 Å². The summed E-state index contributed by atoms with van der Waals surface area (Å²) in [6, 6.07) is 6.06. The number of hydrogen-bond acceptors (Lipinski definition) is 7. The Morgan fingerprint density at radius 2 is 2.17 bits per heavy atom. The second-order valence-electron chi connectivity index (χ2n) is 5.11. The van der Waals surface area contributed by atoms with Crippen molar-refractivity contribution in [1.82, 2.24) is 8.28 Å². The molecule has 0 radical (unpaired) electrons. The number of hydrogen-bond donors (Lipinski definition) is 1. The highest BCUT2D eigenvalue weighted by Gasteiger charge is 2.17. The highest BCUT2D eigenvalue weighted by Crippen LogP contribution is 2.36. The lowest BCUT2D eigenvalue weighted by Gasteiger charge is -2.16. The molecule has 2 aromatic rings. The molecule has 1 aromatic carbocycles. The van der Waals surface area contributed by atoms with E-state index in [-0.39, 0.29) is 19.1 Å². The molecule has 0 fully saturated rings. The third-order valence-electron chi connectivity index (χ3n) is 3.21. The SMILES string of the molecule is CCOC(=O)CN(C)Sc1cc(C)cc2cc(CO)n(SOI)c12. The normalized spacial score (nSPS) is 11.4. The first-order valence-electron chi connectivity index (χ1n) is 7.26. The van der Waals surface area contributed by atoms with Crippen LogP contribution in [0.3, 0.4) is 0 Å². The second-order valence-corrected chi connectivity index (χ2v) is 8.07. The summed E-state index contributed by atoms with van der Waals surface area (Å²) in [5.41, 5.74) is 2.82. The molecule has 1 heterocycles. The number of aliphatic hydroxyl groups is 1. The lowest BCUT2D eigenvalue weighted by Crippen LogP contribution is -2.21. The van der Waals surface area contributed by atoms with Crippen molar-refractivity contribution in [2.75, 3.05) is 20.2 Å². The summed E-state index contributed by atoms with van der Waals surface area (Å²) in [7, 11) is 1.85. The monoisotopic (exact) mass is 482 g/mol. The Kier molecular flexibility index (Phi) is 7.69. The van der Waals surface area contributed by atoms with Crippen LogP contribution in [0.1, 0.15) is 18.2 Å². The highest BCUT2D eigenvalue weighted by molar-refractivity contribution is 14.1. The van der Waals surface area contributed by atoms with E-state index < -0.39 is 0 Å². The first-order chi connectivity index (χ1) is 11.5. The number of ether oxygens (including phenoxy) is 1. The first kappa shape index (κ1) is 19.9. The van der Waals surface area contributed by atoms with Gasteiger partial charge in [0.15, 0.2) is 0 Å². The van der Waals surface area contributed by atoms with Gasteiger partial charge in [-0.1, -0.05) is 0 Å². The maximum atomic E-state index is 11.7. The number of rotatable bonds is 8. The van der Waals surface area contributed by atoms with Crippen molar-refractivity contribution in [2.45, 2.75) is 25.3 Å². The number of benzene rings is 1. The number of aliphatic hydroxyl groups excluding tert-OH is 1. The molecule has 24 heavy (non-hydrogen) atoms. The molecular weight excluding hydrogens is 463 g/mol. The van der Waals surface area contributed by atoms with E-state index in [0.29, 0.717) is 6.61 Å². The number of carbonyl (C=O) groups excluding carboxylic acids is 1. The standard InChI is InChI=1S/C15H19IN2O4S2/c1-4-21-14(20)8-17(3)23-13-6-10(2)5-11-7-12(9-19)18(15(11)13)24-22-16/h5-7,19H,4,8-9H2,1-3H3. The summed E-state index contributed by atoms with van der Waals surface area (Å²) in [6.07, 6.45) is 0. The molecule has 0 spiro atoms. The van der Waals surface area contributed by atoms with E-state index in [1.165, 1.54) is 11.9 Å². The molecule has 1 aromatic heterocycles.